The Labute approximate surface area is 164 Å². The molecule has 1 aromatic rings. The number of likely N-dealkylation sites (tertiary alicyclic amines) is 1. The SMILES string of the molecule is CC1=c2c(c(=O)[nH]c(=O)n2C2CC2)=CC(F)C1N1CC2CCC(F)(F)C(N)C2C1. The molecule has 29 heavy (non-hydrogen) atoms. The fraction of sp³-hybridized carbons (Fsp3) is 0.700. The number of fused-ring (bicyclic) bond motifs is 2. The van der Waals surface area contributed by atoms with Gasteiger partial charge in [0, 0.05) is 25.6 Å². The Balaban J connectivity index is 1.59. The van der Waals surface area contributed by atoms with Crippen molar-refractivity contribution in [3.63, 3.8) is 0 Å². The number of halogens is 3. The Morgan fingerprint density at radius 3 is 2.62 bits per heavy atom. The quantitative estimate of drug-likeness (QED) is 0.710. The average Bonchev–Trinajstić information content (AvgIpc) is 3.39. The molecule has 2 saturated carbocycles. The van der Waals surface area contributed by atoms with Crippen molar-refractivity contribution in [2.24, 2.45) is 17.6 Å². The van der Waals surface area contributed by atoms with Gasteiger partial charge in [0.25, 0.3) is 11.5 Å². The highest BCUT2D eigenvalue weighted by Gasteiger charge is 2.53. The van der Waals surface area contributed by atoms with Gasteiger partial charge in [-0.2, -0.15) is 0 Å². The third-order valence-corrected chi connectivity index (χ3v) is 7.25. The first-order valence-electron chi connectivity index (χ1n) is 10.3. The van der Waals surface area contributed by atoms with Gasteiger partial charge in [-0.1, -0.05) is 0 Å². The summed E-state index contributed by atoms with van der Waals surface area (Å²) in [5.41, 5.74) is 5.43. The number of aromatic nitrogens is 2. The largest absolute Gasteiger partial charge is 0.329 e. The van der Waals surface area contributed by atoms with E-state index in [0.29, 0.717) is 30.4 Å². The van der Waals surface area contributed by atoms with Crippen molar-refractivity contribution in [2.45, 2.75) is 62.8 Å². The Kier molecular flexibility index (Phi) is 4.16. The van der Waals surface area contributed by atoms with Crippen LogP contribution in [-0.2, 0) is 0 Å². The maximum Gasteiger partial charge on any atom is 0.329 e. The first kappa shape index (κ1) is 19.1. The van der Waals surface area contributed by atoms with Gasteiger partial charge < -0.3 is 5.73 Å². The summed E-state index contributed by atoms with van der Waals surface area (Å²) in [7, 11) is 0. The van der Waals surface area contributed by atoms with Crippen molar-refractivity contribution in [2.75, 3.05) is 13.1 Å². The summed E-state index contributed by atoms with van der Waals surface area (Å²) in [6.45, 7) is 2.54. The van der Waals surface area contributed by atoms with E-state index in [0.717, 1.165) is 12.8 Å². The van der Waals surface area contributed by atoms with Crippen molar-refractivity contribution in [1.29, 1.82) is 0 Å². The number of hydrogen-bond donors (Lipinski definition) is 2. The van der Waals surface area contributed by atoms with Crippen molar-refractivity contribution < 1.29 is 13.2 Å². The molecule has 3 aliphatic carbocycles. The van der Waals surface area contributed by atoms with E-state index in [1.807, 2.05) is 4.90 Å². The van der Waals surface area contributed by atoms with Gasteiger partial charge in [0.2, 0.25) is 0 Å². The molecule has 0 amide bonds. The molecule has 1 aliphatic heterocycles. The van der Waals surface area contributed by atoms with Gasteiger partial charge >= 0.3 is 5.69 Å². The number of rotatable bonds is 2. The molecule has 4 aliphatic rings. The summed E-state index contributed by atoms with van der Waals surface area (Å²) in [6.07, 6.45) is 1.64. The van der Waals surface area contributed by atoms with Crippen LogP contribution in [0.15, 0.2) is 9.59 Å². The lowest BCUT2D eigenvalue weighted by atomic mass is 9.76. The maximum atomic E-state index is 15.2. The van der Waals surface area contributed by atoms with Crippen LogP contribution in [-0.4, -0.2) is 51.7 Å². The number of nitrogens with one attached hydrogen (secondary N) is 1. The molecule has 1 aromatic heterocycles. The van der Waals surface area contributed by atoms with Gasteiger partial charge in [-0.15, -0.1) is 0 Å². The number of alkyl halides is 3. The summed E-state index contributed by atoms with van der Waals surface area (Å²) in [5, 5.41) is 0.683. The van der Waals surface area contributed by atoms with Crippen molar-refractivity contribution in [3.05, 3.63) is 31.4 Å². The second-order valence-corrected chi connectivity index (χ2v) is 9.07. The van der Waals surface area contributed by atoms with Gasteiger partial charge in [0.1, 0.15) is 6.17 Å². The van der Waals surface area contributed by atoms with Crippen LogP contribution in [0.2, 0.25) is 0 Å². The molecule has 3 N–H and O–H groups in total. The first-order chi connectivity index (χ1) is 13.7. The fourth-order valence-corrected chi connectivity index (χ4v) is 5.63. The number of H-pyrrole nitrogens is 1. The standard InChI is InChI=1S/C20H25F3N4O2/c1-9-15-12(18(28)25-19(29)27(15)11-2-3-11)6-14(21)16(9)26-7-10-4-5-20(22,23)17(24)13(10)8-26/h6,10-11,13-14,16-17H,2-5,7-8,24H2,1H3,(H,25,28,29). The lowest BCUT2D eigenvalue weighted by molar-refractivity contribution is -0.0796. The van der Waals surface area contributed by atoms with Crippen LogP contribution in [0.25, 0.3) is 11.6 Å². The molecular weight excluding hydrogens is 385 g/mol. The highest BCUT2D eigenvalue weighted by molar-refractivity contribution is 5.56. The summed E-state index contributed by atoms with van der Waals surface area (Å²) in [6, 6.07) is -1.89. The topological polar surface area (TPSA) is 84.1 Å². The average molecular weight is 410 g/mol. The first-order valence-corrected chi connectivity index (χ1v) is 10.3. The second-order valence-electron chi connectivity index (χ2n) is 9.07. The Bertz CT molecular complexity index is 1090. The van der Waals surface area contributed by atoms with Crippen LogP contribution in [0.3, 0.4) is 0 Å². The minimum absolute atomic E-state index is 0.0100. The van der Waals surface area contributed by atoms with Crippen LogP contribution in [0.5, 0.6) is 0 Å². The number of nitrogens with zero attached hydrogens (tertiary/aromatic N) is 2. The molecule has 5 unspecified atom stereocenters. The van der Waals surface area contributed by atoms with E-state index in [1.165, 1.54) is 6.08 Å². The van der Waals surface area contributed by atoms with Gasteiger partial charge in [0.15, 0.2) is 0 Å². The van der Waals surface area contributed by atoms with E-state index in [4.69, 9.17) is 5.73 Å². The summed E-state index contributed by atoms with van der Waals surface area (Å²) in [5.74, 6) is -3.27. The fourth-order valence-electron chi connectivity index (χ4n) is 5.63. The lowest BCUT2D eigenvalue weighted by Crippen LogP contribution is -2.60. The van der Waals surface area contributed by atoms with Gasteiger partial charge in [-0.05, 0) is 49.7 Å². The van der Waals surface area contributed by atoms with Gasteiger partial charge in [-0.25, -0.2) is 18.0 Å². The predicted octanol–water partition coefficient (Wildman–Crippen LogP) is -0.153. The van der Waals surface area contributed by atoms with Crippen molar-refractivity contribution >= 4 is 11.6 Å². The lowest BCUT2D eigenvalue weighted by Gasteiger charge is -2.37. The Hall–Kier alpha value is -1.87. The normalized spacial score (nSPS) is 36.4. The molecule has 1 saturated heterocycles. The number of hydrogen-bond acceptors (Lipinski definition) is 4. The van der Waals surface area contributed by atoms with E-state index in [9.17, 15) is 18.4 Å². The van der Waals surface area contributed by atoms with Crippen molar-refractivity contribution in [1.82, 2.24) is 14.5 Å². The van der Waals surface area contributed by atoms with Crippen LogP contribution in [0.1, 0.15) is 38.6 Å². The molecular formula is C20H25F3N4O2. The summed E-state index contributed by atoms with van der Waals surface area (Å²) >= 11 is 0. The minimum Gasteiger partial charge on any atom is -0.322 e. The predicted molar refractivity (Wildman–Crippen MR) is 102 cm³/mol. The molecule has 2 heterocycles. The van der Waals surface area contributed by atoms with Gasteiger partial charge in [0.05, 0.1) is 22.7 Å². The van der Waals surface area contributed by atoms with E-state index in [2.05, 4.69) is 4.98 Å². The second kappa shape index (κ2) is 6.31. The number of aromatic amines is 1. The van der Waals surface area contributed by atoms with E-state index in [1.54, 1.807) is 11.5 Å². The minimum atomic E-state index is -2.89. The molecule has 0 radical (unpaired) electrons. The molecule has 3 fully saturated rings. The maximum absolute atomic E-state index is 15.2. The molecule has 5 atom stereocenters. The Morgan fingerprint density at radius 2 is 1.93 bits per heavy atom. The summed E-state index contributed by atoms with van der Waals surface area (Å²) in [4.78, 5) is 29.0. The zero-order chi connectivity index (χ0) is 20.7. The van der Waals surface area contributed by atoms with Crippen molar-refractivity contribution in [3.8, 4) is 0 Å². The van der Waals surface area contributed by atoms with E-state index < -0.39 is 35.4 Å². The third-order valence-electron chi connectivity index (χ3n) is 7.25. The molecule has 6 nitrogen and oxygen atoms in total. The number of nitrogens with two attached hydrogens (primary N) is 1. The Morgan fingerprint density at radius 1 is 1.21 bits per heavy atom. The van der Waals surface area contributed by atoms with E-state index in [-0.39, 0.29) is 29.5 Å². The van der Waals surface area contributed by atoms with Crippen LogP contribution < -0.4 is 27.6 Å². The molecule has 5 rings (SSSR count). The smallest absolute Gasteiger partial charge is 0.322 e. The van der Waals surface area contributed by atoms with E-state index >= 15 is 4.39 Å². The molecule has 9 heteroatoms. The van der Waals surface area contributed by atoms with Crippen LogP contribution in [0, 0.1) is 11.8 Å². The third kappa shape index (κ3) is 2.84. The van der Waals surface area contributed by atoms with Crippen LogP contribution >= 0.6 is 0 Å². The highest BCUT2D eigenvalue weighted by atomic mass is 19.3. The zero-order valence-corrected chi connectivity index (χ0v) is 16.2. The molecule has 0 spiro atoms. The zero-order valence-electron chi connectivity index (χ0n) is 16.2. The highest BCUT2D eigenvalue weighted by Crippen LogP contribution is 2.44. The van der Waals surface area contributed by atoms with Gasteiger partial charge in [-0.3, -0.25) is 19.2 Å². The molecule has 0 aromatic carbocycles. The van der Waals surface area contributed by atoms with Crippen LogP contribution in [0.4, 0.5) is 13.2 Å². The monoisotopic (exact) mass is 410 g/mol. The molecule has 158 valence electrons. The summed E-state index contributed by atoms with van der Waals surface area (Å²) < 4.78 is 45.0. The molecule has 0 bridgehead atoms.